The minimum Gasteiger partial charge on any atom is -0.355 e. The van der Waals surface area contributed by atoms with Gasteiger partial charge in [0.15, 0.2) is 0 Å². The van der Waals surface area contributed by atoms with Crippen LogP contribution in [0.3, 0.4) is 0 Å². The zero-order chi connectivity index (χ0) is 9.84. The number of carbonyl (C=O) groups is 1. The molecule has 1 heterocycles. The van der Waals surface area contributed by atoms with Crippen molar-refractivity contribution in [3.05, 3.63) is 23.4 Å². The van der Waals surface area contributed by atoms with E-state index in [4.69, 9.17) is 5.84 Å². The molecule has 1 rings (SSSR count). The van der Waals surface area contributed by atoms with Crippen molar-refractivity contribution in [2.45, 2.75) is 6.92 Å². The molecular formula is C8H12N4O. The van der Waals surface area contributed by atoms with Gasteiger partial charge in [0.2, 0.25) is 0 Å². The Hall–Kier alpha value is -1.62. The molecule has 70 valence electrons. The van der Waals surface area contributed by atoms with E-state index in [9.17, 15) is 4.79 Å². The minimum absolute atomic E-state index is 0.151. The van der Waals surface area contributed by atoms with E-state index >= 15 is 0 Å². The van der Waals surface area contributed by atoms with Crippen LogP contribution in [0.2, 0.25) is 0 Å². The predicted octanol–water partition coefficient (Wildman–Crippen LogP) is 0.0352. The van der Waals surface area contributed by atoms with Crippen molar-refractivity contribution in [2.24, 2.45) is 5.84 Å². The van der Waals surface area contributed by atoms with E-state index in [1.54, 1.807) is 26.1 Å². The van der Waals surface area contributed by atoms with E-state index in [1.165, 1.54) is 0 Å². The molecule has 0 spiro atoms. The van der Waals surface area contributed by atoms with Crippen LogP contribution in [0.4, 0.5) is 5.82 Å². The summed E-state index contributed by atoms with van der Waals surface area (Å²) in [5, 5.41) is 2.52. The number of anilines is 1. The van der Waals surface area contributed by atoms with E-state index in [-0.39, 0.29) is 5.91 Å². The average molecular weight is 180 g/mol. The molecule has 0 aliphatic rings. The fourth-order valence-corrected chi connectivity index (χ4v) is 1.02. The molecule has 13 heavy (non-hydrogen) atoms. The Balaban J connectivity index is 3.08. The lowest BCUT2D eigenvalue weighted by atomic mass is 10.2. The molecule has 5 heteroatoms. The van der Waals surface area contributed by atoms with E-state index in [2.05, 4.69) is 15.7 Å². The van der Waals surface area contributed by atoms with Crippen molar-refractivity contribution in [1.82, 2.24) is 10.3 Å². The maximum absolute atomic E-state index is 11.2. The second-order valence-corrected chi connectivity index (χ2v) is 2.61. The van der Waals surface area contributed by atoms with Gasteiger partial charge < -0.3 is 10.7 Å². The number of hydrogen-bond donors (Lipinski definition) is 3. The fraction of sp³-hybridized carbons (Fsp3) is 0.250. The van der Waals surface area contributed by atoms with Crippen LogP contribution in [-0.2, 0) is 0 Å². The van der Waals surface area contributed by atoms with Crippen LogP contribution in [0, 0.1) is 6.92 Å². The molecule has 5 nitrogen and oxygen atoms in total. The number of rotatable bonds is 2. The highest BCUT2D eigenvalue weighted by atomic mass is 16.1. The molecule has 1 aromatic heterocycles. The number of nitrogens with zero attached hydrogens (tertiary/aromatic N) is 1. The number of hydrogen-bond acceptors (Lipinski definition) is 4. The zero-order valence-corrected chi connectivity index (χ0v) is 7.59. The highest BCUT2D eigenvalue weighted by Gasteiger charge is 2.05. The highest BCUT2D eigenvalue weighted by Crippen LogP contribution is 2.08. The molecule has 0 aromatic carbocycles. The van der Waals surface area contributed by atoms with Crippen molar-refractivity contribution in [3.8, 4) is 0 Å². The smallest absolute Gasteiger partial charge is 0.251 e. The average Bonchev–Trinajstić information content (AvgIpc) is 2.15. The van der Waals surface area contributed by atoms with Gasteiger partial charge in [-0.2, -0.15) is 0 Å². The summed E-state index contributed by atoms with van der Waals surface area (Å²) in [6.07, 6.45) is 0. The SMILES string of the molecule is CNC(=O)c1cc(C)nc(NN)c1. The summed E-state index contributed by atoms with van der Waals surface area (Å²) >= 11 is 0. The molecule has 0 aliphatic carbocycles. The third kappa shape index (κ3) is 2.16. The van der Waals surface area contributed by atoms with Gasteiger partial charge in [0.1, 0.15) is 5.82 Å². The molecule has 4 N–H and O–H groups in total. The zero-order valence-electron chi connectivity index (χ0n) is 7.59. The van der Waals surface area contributed by atoms with Gasteiger partial charge in [0.25, 0.3) is 5.91 Å². The third-order valence-electron chi connectivity index (χ3n) is 1.59. The fourth-order valence-electron chi connectivity index (χ4n) is 1.02. The maximum atomic E-state index is 11.2. The van der Waals surface area contributed by atoms with Gasteiger partial charge in [0.05, 0.1) is 0 Å². The lowest BCUT2D eigenvalue weighted by Gasteiger charge is -2.04. The molecule has 1 aromatic rings. The Bertz CT molecular complexity index is 324. The largest absolute Gasteiger partial charge is 0.355 e. The van der Waals surface area contributed by atoms with Crippen molar-refractivity contribution >= 4 is 11.7 Å². The Morgan fingerprint density at radius 2 is 2.23 bits per heavy atom. The molecule has 0 aliphatic heterocycles. The highest BCUT2D eigenvalue weighted by molar-refractivity contribution is 5.94. The topological polar surface area (TPSA) is 80.0 Å². The first-order valence-electron chi connectivity index (χ1n) is 3.84. The summed E-state index contributed by atoms with van der Waals surface area (Å²) in [6.45, 7) is 1.80. The standard InChI is InChI=1S/C8H12N4O/c1-5-3-6(8(13)10-2)4-7(11-5)12-9/h3-4H,9H2,1-2H3,(H,10,13)(H,11,12). The van der Waals surface area contributed by atoms with Gasteiger partial charge in [-0.15, -0.1) is 0 Å². The van der Waals surface area contributed by atoms with Crippen LogP contribution in [0.5, 0.6) is 0 Å². The number of pyridine rings is 1. The maximum Gasteiger partial charge on any atom is 0.251 e. The van der Waals surface area contributed by atoms with E-state index in [0.717, 1.165) is 5.69 Å². The van der Waals surface area contributed by atoms with Crippen LogP contribution >= 0.6 is 0 Å². The van der Waals surface area contributed by atoms with Gasteiger partial charge in [0, 0.05) is 18.3 Å². The molecule has 1 amide bonds. The van der Waals surface area contributed by atoms with Crippen LogP contribution in [0.1, 0.15) is 16.1 Å². The van der Waals surface area contributed by atoms with Crippen LogP contribution in [0.25, 0.3) is 0 Å². The van der Waals surface area contributed by atoms with Crippen LogP contribution < -0.4 is 16.6 Å². The summed E-state index contributed by atoms with van der Waals surface area (Å²) in [4.78, 5) is 15.3. The minimum atomic E-state index is -0.151. The number of aryl methyl sites for hydroxylation is 1. The number of nitrogens with one attached hydrogen (secondary N) is 2. The molecule has 0 saturated carbocycles. The Morgan fingerprint density at radius 1 is 1.54 bits per heavy atom. The molecule has 0 radical (unpaired) electrons. The molecule has 0 atom stereocenters. The number of hydrazine groups is 1. The van der Waals surface area contributed by atoms with E-state index in [1.807, 2.05) is 0 Å². The van der Waals surface area contributed by atoms with Gasteiger partial charge in [-0.05, 0) is 19.1 Å². The summed E-state index contributed by atoms with van der Waals surface area (Å²) < 4.78 is 0. The van der Waals surface area contributed by atoms with Crippen molar-refractivity contribution < 1.29 is 4.79 Å². The third-order valence-corrected chi connectivity index (χ3v) is 1.59. The van der Waals surface area contributed by atoms with Crippen LogP contribution in [0.15, 0.2) is 12.1 Å². The lowest BCUT2D eigenvalue weighted by Crippen LogP contribution is -2.19. The van der Waals surface area contributed by atoms with E-state index in [0.29, 0.717) is 11.4 Å². The van der Waals surface area contributed by atoms with Gasteiger partial charge in [-0.25, -0.2) is 10.8 Å². The molecular weight excluding hydrogens is 168 g/mol. The number of amides is 1. The van der Waals surface area contributed by atoms with Gasteiger partial charge in [-0.1, -0.05) is 0 Å². The summed E-state index contributed by atoms with van der Waals surface area (Å²) in [7, 11) is 1.58. The first kappa shape index (κ1) is 9.47. The molecule has 0 saturated heterocycles. The summed E-state index contributed by atoms with van der Waals surface area (Å²) in [5.41, 5.74) is 3.68. The van der Waals surface area contributed by atoms with Crippen molar-refractivity contribution in [2.75, 3.05) is 12.5 Å². The normalized spacial score (nSPS) is 9.46. The number of nitrogens with two attached hydrogens (primary N) is 1. The molecule has 0 unspecified atom stereocenters. The van der Waals surface area contributed by atoms with E-state index < -0.39 is 0 Å². The first-order valence-corrected chi connectivity index (χ1v) is 3.84. The Morgan fingerprint density at radius 3 is 2.77 bits per heavy atom. The van der Waals surface area contributed by atoms with Gasteiger partial charge in [-0.3, -0.25) is 4.79 Å². The van der Waals surface area contributed by atoms with Crippen molar-refractivity contribution in [3.63, 3.8) is 0 Å². The molecule has 0 bridgehead atoms. The first-order chi connectivity index (χ1) is 6.17. The predicted molar refractivity (Wildman–Crippen MR) is 50.2 cm³/mol. The molecule has 0 fully saturated rings. The Labute approximate surface area is 76.3 Å². The quantitative estimate of drug-likeness (QED) is 0.443. The monoisotopic (exact) mass is 180 g/mol. The number of nitrogen functional groups attached to an aromatic ring is 1. The Kier molecular flexibility index (Phi) is 2.81. The summed E-state index contributed by atoms with van der Waals surface area (Å²) in [6, 6.07) is 3.28. The lowest BCUT2D eigenvalue weighted by molar-refractivity contribution is 0.0963. The van der Waals surface area contributed by atoms with Gasteiger partial charge >= 0.3 is 0 Å². The number of carbonyl (C=O) groups excluding carboxylic acids is 1. The number of aromatic nitrogens is 1. The summed E-state index contributed by atoms with van der Waals surface area (Å²) in [5.74, 6) is 5.52. The second kappa shape index (κ2) is 3.86. The second-order valence-electron chi connectivity index (χ2n) is 2.61. The van der Waals surface area contributed by atoms with Crippen LogP contribution in [-0.4, -0.2) is 17.9 Å². The van der Waals surface area contributed by atoms with Crippen molar-refractivity contribution in [1.29, 1.82) is 0 Å².